The molecule has 1 atom stereocenters. The number of carboxylic acid groups (broad SMARTS) is 1. The monoisotopic (exact) mass is 134 g/mol. The van der Waals surface area contributed by atoms with Crippen molar-refractivity contribution in [2.24, 2.45) is 5.92 Å². The van der Waals surface area contributed by atoms with Crippen LogP contribution in [0.15, 0.2) is 0 Å². The first kappa shape index (κ1) is 8.40. The Kier molecular flexibility index (Phi) is 2.18. The highest BCUT2D eigenvalue weighted by atomic mass is 19.1. The Labute approximate surface area is 53.7 Å². The number of carbonyl (C=O) groups is 1. The van der Waals surface area contributed by atoms with Crippen molar-refractivity contribution in [3.63, 3.8) is 0 Å². The zero-order valence-electron chi connectivity index (χ0n) is 5.81. The summed E-state index contributed by atoms with van der Waals surface area (Å²) in [6.45, 7) is 3.86. The van der Waals surface area contributed by atoms with E-state index < -0.39 is 17.6 Å². The summed E-state index contributed by atoms with van der Waals surface area (Å²) >= 11 is 0. The van der Waals surface area contributed by atoms with Crippen LogP contribution >= 0.6 is 0 Å². The third-order valence-electron chi connectivity index (χ3n) is 1.40. The van der Waals surface area contributed by atoms with Gasteiger partial charge in [-0.2, -0.15) is 0 Å². The Balaban J connectivity index is 4.04. The number of alkyl halides is 1. The molecule has 54 valence electrons. The molecule has 0 spiro atoms. The van der Waals surface area contributed by atoms with Crippen LogP contribution in [0.25, 0.3) is 0 Å². The Morgan fingerprint density at radius 2 is 2.00 bits per heavy atom. The maximum Gasteiger partial charge on any atom is 0.309 e. The van der Waals surface area contributed by atoms with Crippen LogP contribution in [-0.2, 0) is 4.79 Å². The van der Waals surface area contributed by atoms with Gasteiger partial charge in [-0.3, -0.25) is 4.79 Å². The van der Waals surface area contributed by atoms with Gasteiger partial charge < -0.3 is 5.11 Å². The fourth-order valence-electron chi connectivity index (χ4n) is 0.294. The molecule has 0 aromatic carbocycles. The quantitative estimate of drug-likeness (QED) is 0.620. The van der Waals surface area contributed by atoms with Crippen LogP contribution in [0.5, 0.6) is 0 Å². The molecule has 2 nitrogen and oxygen atoms in total. The lowest BCUT2D eigenvalue weighted by Gasteiger charge is -2.18. The highest BCUT2D eigenvalue weighted by Gasteiger charge is 2.30. The molecule has 1 unspecified atom stereocenters. The first-order chi connectivity index (χ1) is 3.85. The third-order valence-corrected chi connectivity index (χ3v) is 1.40. The molecule has 0 heterocycles. The van der Waals surface area contributed by atoms with E-state index in [-0.39, 0.29) is 0 Å². The minimum atomic E-state index is -1.62. The SMILES string of the molecule is CC(C(=O)O)C(C)(C)F. The Morgan fingerprint density at radius 3 is 2.00 bits per heavy atom. The normalized spacial score (nSPS) is 15.1. The molecule has 0 aliphatic heterocycles. The summed E-state index contributed by atoms with van der Waals surface area (Å²) in [7, 11) is 0. The number of hydrogen-bond donors (Lipinski definition) is 1. The first-order valence-corrected chi connectivity index (χ1v) is 2.77. The highest BCUT2D eigenvalue weighted by Crippen LogP contribution is 2.20. The molecule has 3 heteroatoms. The van der Waals surface area contributed by atoms with E-state index in [1.54, 1.807) is 0 Å². The van der Waals surface area contributed by atoms with Crippen molar-refractivity contribution >= 4 is 5.97 Å². The Bertz CT molecular complexity index is 115. The van der Waals surface area contributed by atoms with Gasteiger partial charge in [-0.1, -0.05) is 0 Å². The van der Waals surface area contributed by atoms with Crippen LogP contribution in [0, 0.1) is 5.92 Å². The molecule has 0 fully saturated rings. The smallest absolute Gasteiger partial charge is 0.309 e. The van der Waals surface area contributed by atoms with Crippen LogP contribution in [0.2, 0.25) is 0 Å². The number of aliphatic carboxylic acids is 1. The molecule has 0 rings (SSSR count). The second-order valence-electron chi connectivity index (χ2n) is 2.62. The molecule has 0 amide bonds. The number of carboxylic acids is 1. The topological polar surface area (TPSA) is 37.3 Å². The van der Waals surface area contributed by atoms with Crippen molar-refractivity contribution in [3.05, 3.63) is 0 Å². The molecule has 0 saturated heterocycles. The van der Waals surface area contributed by atoms with Crippen molar-refractivity contribution in [2.45, 2.75) is 26.4 Å². The van der Waals surface area contributed by atoms with E-state index in [4.69, 9.17) is 5.11 Å². The Hall–Kier alpha value is -0.600. The maximum atomic E-state index is 12.7. The number of halogens is 1. The lowest BCUT2D eigenvalue weighted by atomic mass is 9.95. The van der Waals surface area contributed by atoms with Gasteiger partial charge in [-0.05, 0) is 20.8 Å². The van der Waals surface area contributed by atoms with Crippen LogP contribution in [0.1, 0.15) is 20.8 Å². The van der Waals surface area contributed by atoms with Crippen LogP contribution in [0.3, 0.4) is 0 Å². The van der Waals surface area contributed by atoms with E-state index in [2.05, 4.69) is 0 Å². The lowest BCUT2D eigenvalue weighted by molar-refractivity contribution is -0.145. The van der Waals surface area contributed by atoms with Crippen molar-refractivity contribution in [1.82, 2.24) is 0 Å². The van der Waals surface area contributed by atoms with Gasteiger partial charge >= 0.3 is 5.97 Å². The average Bonchev–Trinajstić information content (AvgIpc) is 1.62. The van der Waals surface area contributed by atoms with Gasteiger partial charge in [0, 0.05) is 0 Å². The molecule has 0 radical (unpaired) electrons. The number of hydrogen-bond acceptors (Lipinski definition) is 1. The molecule has 1 N–H and O–H groups in total. The van der Waals surface area contributed by atoms with Crippen LogP contribution < -0.4 is 0 Å². The molecule has 0 aliphatic carbocycles. The van der Waals surface area contributed by atoms with Gasteiger partial charge in [0.05, 0.1) is 5.92 Å². The lowest BCUT2D eigenvalue weighted by Crippen LogP contribution is -2.29. The fourth-order valence-corrected chi connectivity index (χ4v) is 0.294. The summed E-state index contributed by atoms with van der Waals surface area (Å²) in [5, 5.41) is 8.28. The summed E-state index contributed by atoms with van der Waals surface area (Å²) in [6, 6.07) is 0. The number of rotatable bonds is 2. The average molecular weight is 134 g/mol. The van der Waals surface area contributed by atoms with E-state index in [9.17, 15) is 9.18 Å². The maximum absolute atomic E-state index is 12.7. The molecule has 0 aliphatic rings. The van der Waals surface area contributed by atoms with Gasteiger partial charge in [-0.25, -0.2) is 4.39 Å². The molecule has 0 aromatic rings. The van der Waals surface area contributed by atoms with E-state index in [1.165, 1.54) is 20.8 Å². The van der Waals surface area contributed by atoms with E-state index in [0.29, 0.717) is 0 Å². The zero-order valence-corrected chi connectivity index (χ0v) is 5.81. The van der Waals surface area contributed by atoms with E-state index in [1.807, 2.05) is 0 Å². The minimum Gasteiger partial charge on any atom is -0.481 e. The molecule has 0 saturated carbocycles. The Morgan fingerprint density at radius 1 is 1.67 bits per heavy atom. The largest absolute Gasteiger partial charge is 0.481 e. The van der Waals surface area contributed by atoms with E-state index >= 15 is 0 Å². The summed E-state index contributed by atoms with van der Waals surface area (Å²) in [5.41, 5.74) is -1.62. The minimum absolute atomic E-state index is 0.933. The predicted molar refractivity (Wildman–Crippen MR) is 32.0 cm³/mol. The van der Waals surface area contributed by atoms with Crippen molar-refractivity contribution in [2.75, 3.05) is 0 Å². The van der Waals surface area contributed by atoms with Gasteiger partial charge in [0.25, 0.3) is 0 Å². The zero-order chi connectivity index (χ0) is 7.65. The second kappa shape index (κ2) is 2.33. The molecule has 0 aromatic heterocycles. The molecular formula is C6H11FO2. The first-order valence-electron chi connectivity index (χ1n) is 2.77. The van der Waals surface area contributed by atoms with Gasteiger partial charge in [-0.15, -0.1) is 0 Å². The summed E-state index contributed by atoms with van der Waals surface area (Å²) < 4.78 is 12.7. The summed E-state index contributed by atoms with van der Waals surface area (Å²) in [6.07, 6.45) is 0. The van der Waals surface area contributed by atoms with Crippen molar-refractivity contribution < 1.29 is 14.3 Å². The fraction of sp³-hybridized carbons (Fsp3) is 0.833. The van der Waals surface area contributed by atoms with Gasteiger partial charge in [0.1, 0.15) is 5.67 Å². The second-order valence-corrected chi connectivity index (χ2v) is 2.62. The standard InChI is InChI=1S/C6H11FO2/c1-4(5(8)9)6(2,3)7/h4H,1-3H3,(H,8,9). The van der Waals surface area contributed by atoms with Crippen LogP contribution in [-0.4, -0.2) is 16.7 Å². The van der Waals surface area contributed by atoms with Crippen molar-refractivity contribution in [3.8, 4) is 0 Å². The highest BCUT2D eigenvalue weighted by molar-refractivity contribution is 5.70. The molecule has 0 bridgehead atoms. The molecule has 9 heavy (non-hydrogen) atoms. The summed E-state index contributed by atoms with van der Waals surface area (Å²) in [4.78, 5) is 10.1. The summed E-state index contributed by atoms with van der Waals surface area (Å²) in [5.74, 6) is -2.03. The van der Waals surface area contributed by atoms with Crippen molar-refractivity contribution in [1.29, 1.82) is 0 Å². The molecular weight excluding hydrogens is 123 g/mol. The van der Waals surface area contributed by atoms with E-state index in [0.717, 1.165) is 0 Å². The van der Waals surface area contributed by atoms with Gasteiger partial charge in [0.2, 0.25) is 0 Å². The predicted octanol–water partition coefficient (Wildman–Crippen LogP) is 1.46. The third kappa shape index (κ3) is 2.44. The van der Waals surface area contributed by atoms with Gasteiger partial charge in [0.15, 0.2) is 0 Å². The van der Waals surface area contributed by atoms with Crippen LogP contribution in [0.4, 0.5) is 4.39 Å².